The summed E-state index contributed by atoms with van der Waals surface area (Å²) in [6.45, 7) is 3.77. The summed E-state index contributed by atoms with van der Waals surface area (Å²) in [7, 11) is 5.31. The van der Waals surface area contributed by atoms with Crippen molar-refractivity contribution in [2.45, 2.75) is 12.8 Å². The molecule has 122 valence electrons. The van der Waals surface area contributed by atoms with Crippen molar-refractivity contribution in [1.29, 1.82) is 0 Å². The molecule has 1 N–H and O–H groups in total. The van der Waals surface area contributed by atoms with Crippen molar-refractivity contribution in [2.75, 3.05) is 47.5 Å². The molecule has 0 radical (unpaired) electrons. The molecule has 1 saturated heterocycles. The van der Waals surface area contributed by atoms with Gasteiger partial charge in [-0.3, -0.25) is 4.99 Å². The van der Waals surface area contributed by atoms with Crippen LogP contribution in [0.5, 0.6) is 5.75 Å². The van der Waals surface area contributed by atoms with Gasteiger partial charge in [-0.05, 0) is 30.5 Å². The van der Waals surface area contributed by atoms with Crippen molar-refractivity contribution >= 4 is 5.96 Å². The third kappa shape index (κ3) is 4.63. The van der Waals surface area contributed by atoms with Crippen molar-refractivity contribution in [1.82, 2.24) is 10.2 Å². The molecule has 1 fully saturated rings. The molecule has 0 aromatic heterocycles. The van der Waals surface area contributed by atoms with E-state index in [0.29, 0.717) is 5.92 Å². The molecule has 0 amide bonds. The third-order valence-corrected chi connectivity index (χ3v) is 4.03. The maximum atomic E-state index is 5.26. The van der Waals surface area contributed by atoms with E-state index in [-0.39, 0.29) is 0 Å². The molecule has 1 unspecified atom stereocenters. The van der Waals surface area contributed by atoms with Crippen LogP contribution in [0.25, 0.3) is 0 Å². The van der Waals surface area contributed by atoms with Crippen LogP contribution >= 0.6 is 0 Å². The largest absolute Gasteiger partial charge is 0.497 e. The molecular formula is C17H27N3O2. The lowest BCUT2D eigenvalue weighted by atomic mass is 10.1. The van der Waals surface area contributed by atoms with Gasteiger partial charge < -0.3 is 19.7 Å². The van der Waals surface area contributed by atoms with Crippen molar-refractivity contribution in [3.05, 3.63) is 29.8 Å². The zero-order valence-corrected chi connectivity index (χ0v) is 13.8. The van der Waals surface area contributed by atoms with Crippen molar-refractivity contribution in [3.8, 4) is 5.75 Å². The molecule has 1 aromatic carbocycles. The third-order valence-electron chi connectivity index (χ3n) is 4.03. The van der Waals surface area contributed by atoms with Crippen LogP contribution in [-0.4, -0.2) is 58.4 Å². The first-order valence-electron chi connectivity index (χ1n) is 7.84. The van der Waals surface area contributed by atoms with Crippen LogP contribution in [0, 0.1) is 5.92 Å². The second-order valence-electron chi connectivity index (χ2n) is 5.63. The molecule has 5 heteroatoms. The Morgan fingerprint density at radius 1 is 1.41 bits per heavy atom. The monoisotopic (exact) mass is 305 g/mol. The van der Waals surface area contributed by atoms with E-state index in [9.17, 15) is 0 Å². The van der Waals surface area contributed by atoms with Gasteiger partial charge in [-0.25, -0.2) is 0 Å². The van der Waals surface area contributed by atoms with Crippen LogP contribution in [-0.2, 0) is 11.2 Å². The number of guanidine groups is 1. The molecule has 1 aromatic rings. The SMILES string of the molecule is CN=C(NCCc1cccc(OC)c1)N1CCC(COC)C1. The molecule has 1 aliphatic heterocycles. The van der Waals surface area contributed by atoms with E-state index in [1.165, 1.54) is 12.0 Å². The molecule has 5 nitrogen and oxygen atoms in total. The van der Waals surface area contributed by atoms with Gasteiger partial charge in [0.25, 0.3) is 0 Å². The number of hydrogen-bond acceptors (Lipinski definition) is 3. The quantitative estimate of drug-likeness (QED) is 0.643. The number of rotatable bonds is 6. The van der Waals surface area contributed by atoms with E-state index >= 15 is 0 Å². The molecule has 2 rings (SSSR count). The minimum atomic E-state index is 0.613. The lowest BCUT2D eigenvalue weighted by molar-refractivity contribution is 0.157. The predicted molar refractivity (Wildman–Crippen MR) is 89.6 cm³/mol. The van der Waals surface area contributed by atoms with Crippen LogP contribution in [0.1, 0.15) is 12.0 Å². The average molecular weight is 305 g/mol. The highest BCUT2D eigenvalue weighted by Crippen LogP contribution is 2.16. The summed E-state index contributed by atoms with van der Waals surface area (Å²) >= 11 is 0. The summed E-state index contributed by atoms with van der Waals surface area (Å²) in [5.74, 6) is 2.51. The molecule has 1 aliphatic rings. The zero-order valence-electron chi connectivity index (χ0n) is 13.8. The Labute approximate surface area is 133 Å². The van der Waals surface area contributed by atoms with Crippen molar-refractivity contribution < 1.29 is 9.47 Å². The van der Waals surface area contributed by atoms with Gasteiger partial charge >= 0.3 is 0 Å². The number of nitrogens with one attached hydrogen (secondary N) is 1. The molecule has 0 saturated carbocycles. The summed E-state index contributed by atoms with van der Waals surface area (Å²) in [5.41, 5.74) is 1.26. The second kappa shape index (κ2) is 8.63. The Morgan fingerprint density at radius 2 is 2.27 bits per heavy atom. The first kappa shape index (κ1) is 16.6. The number of aliphatic imine (C=N–C) groups is 1. The number of likely N-dealkylation sites (tertiary alicyclic amines) is 1. The van der Waals surface area contributed by atoms with Crippen LogP contribution in [0.3, 0.4) is 0 Å². The second-order valence-corrected chi connectivity index (χ2v) is 5.63. The zero-order chi connectivity index (χ0) is 15.8. The van der Waals surface area contributed by atoms with Gasteiger partial charge in [0.15, 0.2) is 5.96 Å². The standard InChI is InChI=1S/C17H27N3O2/c1-18-17(20-10-8-15(12-20)13-21-2)19-9-7-14-5-4-6-16(11-14)22-3/h4-6,11,15H,7-10,12-13H2,1-3H3,(H,18,19). The highest BCUT2D eigenvalue weighted by Gasteiger charge is 2.24. The first-order chi connectivity index (χ1) is 10.8. The fourth-order valence-electron chi connectivity index (χ4n) is 2.88. The number of methoxy groups -OCH3 is 2. The van der Waals surface area contributed by atoms with Gasteiger partial charge in [0, 0.05) is 39.7 Å². The van der Waals surface area contributed by atoms with E-state index in [4.69, 9.17) is 9.47 Å². The van der Waals surface area contributed by atoms with Gasteiger partial charge in [0.1, 0.15) is 5.75 Å². The number of hydrogen-bond donors (Lipinski definition) is 1. The summed E-state index contributed by atoms with van der Waals surface area (Å²) in [5, 5.41) is 3.45. The Balaban J connectivity index is 1.79. The molecule has 22 heavy (non-hydrogen) atoms. The fraction of sp³-hybridized carbons (Fsp3) is 0.588. The number of nitrogens with zero attached hydrogens (tertiary/aromatic N) is 2. The maximum absolute atomic E-state index is 5.26. The predicted octanol–water partition coefficient (Wildman–Crippen LogP) is 1.78. The van der Waals surface area contributed by atoms with Gasteiger partial charge in [0.2, 0.25) is 0 Å². The summed E-state index contributed by atoms with van der Waals surface area (Å²) in [6.07, 6.45) is 2.12. The minimum Gasteiger partial charge on any atom is -0.497 e. The van der Waals surface area contributed by atoms with E-state index in [1.807, 2.05) is 19.2 Å². The van der Waals surface area contributed by atoms with Gasteiger partial charge in [-0.15, -0.1) is 0 Å². The van der Waals surface area contributed by atoms with Crippen LogP contribution in [0.4, 0.5) is 0 Å². The highest BCUT2D eigenvalue weighted by atomic mass is 16.5. The number of ether oxygens (including phenoxy) is 2. The van der Waals surface area contributed by atoms with Crippen molar-refractivity contribution in [2.24, 2.45) is 10.9 Å². The van der Waals surface area contributed by atoms with Crippen LogP contribution in [0.15, 0.2) is 29.3 Å². The number of benzene rings is 1. The van der Waals surface area contributed by atoms with E-state index in [1.54, 1.807) is 14.2 Å². The smallest absolute Gasteiger partial charge is 0.193 e. The minimum absolute atomic E-state index is 0.613. The molecule has 1 atom stereocenters. The Hall–Kier alpha value is -1.75. The highest BCUT2D eigenvalue weighted by molar-refractivity contribution is 5.80. The summed E-state index contributed by atoms with van der Waals surface area (Å²) in [4.78, 5) is 6.71. The lowest BCUT2D eigenvalue weighted by Gasteiger charge is -2.21. The van der Waals surface area contributed by atoms with E-state index in [0.717, 1.165) is 44.4 Å². The molecule has 0 spiro atoms. The Bertz CT molecular complexity index is 491. The fourth-order valence-corrected chi connectivity index (χ4v) is 2.88. The normalized spacial score (nSPS) is 18.6. The maximum Gasteiger partial charge on any atom is 0.193 e. The summed E-state index contributed by atoms with van der Waals surface area (Å²) < 4.78 is 10.5. The average Bonchev–Trinajstić information content (AvgIpc) is 3.00. The molecule has 1 heterocycles. The topological polar surface area (TPSA) is 46.1 Å². The summed E-state index contributed by atoms with van der Waals surface area (Å²) in [6, 6.07) is 8.20. The molecule has 0 bridgehead atoms. The molecule has 0 aliphatic carbocycles. The van der Waals surface area contributed by atoms with Crippen LogP contribution in [0.2, 0.25) is 0 Å². The van der Waals surface area contributed by atoms with E-state index in [2.05, 4.69) is 27.3 Å². The van der Waals surface area contributed by atoms with Crippen molar-refractivity contribution in [3.63, 3.8) is 0 Å². The van der Waals surface area contributed by atoms with Gasteiger partial charge in [-0.2, -0.15) is 0 Å². The lowest BCUT2D eigenvalue weighted by Crippen LogP contribution is -2.41. The van der Waals surface area contributed by atoms with Gasteiger partial charge in [-0.1, -0.05) is 12.1 Å². The van der Waals surface area contributed by atoms with E-state index < -0.39 is 0 Å². The Kier molecular flexibility index (Phi) is 6.52. The van der Waals surface area contributed by atoms with Gasteiger partial charge in [0.05, 0.1) is 13.7 Å². The Morgan fingerprint density at radius 3 is 3.00 bits per heavy atom. The van der Waals surface area contributed by atoms with Crippen LogP contribution < -0.4 is 10.1 Å². The molecular weight excluding hydrogens is 278 g/mol. The first-order valence-corrected chi connectivity index (χ1v) is 7.84.